The van der Waals surface area contributed by atoms with Crippen LogP contribution in [0.5, 0.6) is 0 Å². The summed E-state index contributed by atoms with van der Waals surface area (Å²) >= 11 is 0. The Morgan fingerprint density at radius 2 is 2.00 bits per heavy atom. The van der Waals surface area contributed by atoms with Gasteiger partial charge in [0.05, 0.1) is 6.61 Å². The number of carbonyl (C=O) groups is 1. The number of rotatable bonds is 3. The van der Waals surface area contributed by atoms with Gasteiger partial charge in [-0.3, -0.25) is 4.79 Å². The van der Waals surface area contributed by atoms with Crippen LogP contribution in [0.2, 0.25) is 0 Å². The largest absolute Gasteiger partial charge is 0.468 e. The van der Waals surface area contributed by atoms with Crippen LogP contribution in [0.15, 0.2) is 11.1 Å². The Hall–Kier alpha value is -0.790. The molecule has 2 heteroatoms. The van der Waals surface area contributed by atoms with Crippen molar-refractivity contribution >= 4 is 6.47 Å². The first-order valence-corrected chi connectivity index (χ1v) is 4.85. The molecule has 0 amide bonds. The van der Waals surface area contributed by atoms with Gasteiger partial charge in [0.1, 0.15) is 0 Å². The number of carbonyl (C=O) groups excluding carboxylic acids is 1. The second kappa shape index (κ2) is 4.45. The zero-order chi connectivity index (χ0) is 9.84. The first-order chi connectivity index (χ1) is 6.15. The Balaban J connectivity index is 2.54. The van der Waals surface area contributed by atoms with Gasteiger partial charge >= 0.3 is 0 Å². The van der Waals surface area contributed by atoms with Crippen LogP contribution in [0.4, 0.5) is 0 Å². The van der Waals surface area contributed by atoms with Crippen LogP contribution in [0.25, 0.3) is 0 Å². The van der Waals surface area contributed by atoms with Gasteiger partial charge < -0.3 is 4.74 Å². The first-order valence-electron chi connectivity index (χ1n) is 4.85. The standard InChI is InChI=1S/C11H18O2/c1-8-4-10(3)11(5-9(8)2)6-13-7-12/h7,10-11H,4-6H2,1-3H3. The van der Waals surface area contributed by atoms with E-state index < -0.39 is 0 Å². The van der Waals surface area contributed by atoms with Crippen LogP contribution in [-0.2, 0) is 9.53 Å². The summed E-state index contributed by atoms with van der Waals surface area (Å²) in [5.41, 5.74) is 2.98. The van der Waals surface area contributed by atoms with Crippen LogP contribution in [0.1, 0.15) is 33.6 Å². The molecule has 2 nitrogen and oxygen atoms in total. The molecule has 0 saturated heterocycles. The van der Waals surface area contributed by atoms with Crippen molar-refractivity contribution in [2.24, 2.45) is 11.8 Å². The minimum absolute atomic E-state index is 0.522. The summed E-state index contributed by atoms with van der Waals surface area (Å²) in [5, 5.41) is 0. The lowest BCUT2D eigenvalue weighted by Crippen LogP contribution is -2.22. The van der Waals surface area contributed by atoms with Crippen molar-refractivity contribution in [1.29, 1.82) is 0 Å². The molecule has 0 heterocycles. The van der Waals surface area contributed by atoms with E-state index in [1.165, 1.54) is 11.1 Å². The maximum atomic E-state index is 10.1. The van der Waals surface area contributed by atoms with Gasteiger partial charge in [0.25, 0.3) is 6.47 Å². The number of hydrogen-bond donors (Lipinski definition) is 0. The van der Waals surface area contributed by atoms with Gasteiger partial charge in [-0.2, -0.15) is 0 Å². The maximum Gasteiger partial charge on any atom is 0.293 e. The molecule has 2 atom stereocenters. The Morgan fingerprint density at radius 3 is 2.62 bits per heavy atom. The van der Waals surface area contributed by atoms with Crippen molar-refractivity contribution in [1.82, 2.24) is 0 Å². The van der Waals surface area contributed by atoms with E-state index in [1.807, 2.05) is 0 Å². The highest BCUT2D eigenvalue weighted by atomic mass is 16.5. The molecule has 0 aromatic heterocycles. The van der Waals surface area contributed by atoms with E-state index in [4.69, 9.17) is 4.74 Å². The molecule has 0 aromatic rings. The van der Waals surface area contributed by atoms with Gasteiger partial charge in [-0.15, -0.1) is 0 Å². The van der Waals surface area contributed by atoms with E-state index in [2.05, 4.69) is 20.8 Å². The van der Waals surface area contributed by atoms with Crippen LogP contribution in [-0.4, -0.2) is 13.1 Å². The third kappa shape index (κ3) is 2.58. The van der Waals surface area contributed by atoms with Crippen molar-refractivity contribution in [3.8, 4) is 0 Å². The molecule has 1 aliphatic rings. The highest BCUT2D eigenvalue weighted by Gasteiger charge is 2.23. The molecule has 0 aromatic carbocycles. The van der Waals surface area contributed by atoms with Gasteiger partial charge in [0, 0.05) is 0 Å². The smallest absolute Gasteiger partial charge is 0.293 e. The average Bonchev–Trinajstić information content (AvgIpc) is 2.09. The monoisotopic (exact) mass is 182 g/mol. The molecule has 1 rings (SSSR count). The molecular formula is C11H18O2. The number of ether oxygens (including phenoxy) is 1. The molecule has 1 aliphatic carbocycles. The molecule has 0 N–H and O–H groups in total. The summed E-state index contributed by atoms with van der Waals surface area (Å²) in [6.07, 6.45) is 2.24. The highest BCUT2D eigenvalue weighted by Crippen LogP contribution is 2.33. The van der Waals surface area contributed by atoms with E-state index in [0.717, 1.165) is 12.8 Å². The summed E-state index contributed by atoms with van der Waals surface area (Å²) in [6, 6.07) is 0. The van der Waals surface area contributed by atoms with Crippen LogP contribution in [0, 0.1) is 11.8 Å². The van der Waals surface area contributed by atoms with E-state index in [0.29, 0.717) is 24.9 Å². The van der Waals surface area contributed by atoms with Gasteiger partial charge in [-0.25, -0.2) is 0 Å². The van der Waals surface area contributed by atoms with Crippen molar-refractivity contribution in [3.63, 3.8) is 0 Å². The van der Waals surface area contributed by atoms with E-state index in [9.17, 15) is 4.79 Å². The Kier molecular flexibility index (Phi) is 3.52. The fourth-order valence-electron chi connectivity index (χ4n) is 1.98. The molecule has 0 bridgehead atoms. The molecule has 13 heavy (non-hydrogen) atoms. The summed E-state index contributed by atoms with van der Waals surface area (Å²) in [7, 11) is 0. The Morgan fingerprint density at radius 1 is 1.38 bits per heavy atom. The SMILES string of the molecule is CC1=C(C)CC(COC=O)C(C)C1. The summed E-state index contributed by atoms with van der Waals surface area (Å²) in [4.78, 5) is 10.1. The lowest BCUT2D eigenvalue weighted by molar-refractivity contribution is -0.130. The zero-order valence-corrected chi connectivity index (χ0v) is 8.67. The lowest BCUT2D eigenvalue weighted by atomic mass is 9.78. The van der Waals surface area contributed by atoms with Crippen molar-refractivity contribution < 1.29 is 9.53 Å². The molecule has 0 radical (unpaired) electrons. The van der Waals surface area contributed by atoms with Crippen molar-refractivity contribution in [2.45, 2.75) is 33.6 Å². The molecule has 0 fully saturated rings. The average molecular weight is 182 g/mol. The third-order valence-corrected chi connectivity index (χ3v) is 3.11. The van der Waals surface area contributed by atoms with Gasteiger partial charge in [0.2, 0.25) is 0 Å². The predicted molar refractivity (Wildman–Crippen MR) is 52.3 cm³/mol. The molecule has 0 spiro atoms. The molecule has 0 aliphatic heterocycles. The number of allylic oxidation sites excluding steroid dienone is 2. The topological polar surface area (TPSA) is 26.3 Å². The summed E-state index contributed by atoms with van der Waals surface area (Å²) < 4.78 is 4.82. The zero-order valence-electron chi connectivity index (χ0n) is 8.67. The summed E-state index contributed by atoms with van der Waals surface area (Å²) in [6.45, 7) is 7.73. The predicted octanol–water partition coefficient (Wildman–Crippen LogP) is 2.54. The second-order valence-electron chi connectivity index (χ2n) is 4.14. The molecule has 74 valence electrons. The molecule has 0 saturated carbocycles. The van der Waals surface area contributed by atoms with Gasteiger partial charge in [-0.1, -0.05) is 18.1 Å². The summed E-state index contributed by atoms with van der Waals surface area (Å²) in [5.74, 6) is 1.16. The second-order valence-corrected chi connectivity index (χ2v) is 4.14. The minimum atomic E-state index is 0.522. The fraction of sp³-hybridized carbons (Fsp3) is 0.727. The fourth-order valence-corrected chi connectivity index (χ4v) is 1.98. The normalized spacial score (nSPS) is 28.8. The lowest BCUT2D eigenvalue weighted by Gasteiger charge is -2.29. The Bertz CT molecular complexity index is 218. The van der Waals surface area contributed by atoms with E-state index in [-0.39, 0.29) is 0 Å². The first kappa shape index (κ1) is 10.3. The van der Waals surface area contributed by atoms with Gasteiger partial charge in [0.15, 0.2) is 0 Å². The van der Waals surface area contributed by atoms with Crippen LogP contribution in [0.3, 0.4) is 0 Å². The van der Waals surface area contributed by atoms with Crippen molar-refractivity contribution in [3.05, 3.63) is 11.1 Å². The third-order valence-electron chi connectivity index (χ3n) is 3.11. The number of hydrogen-bond acceptors (Lipinski definition) is 2. The van der Waals surface area contributed by atoms with Crippen LogP contribution < -0.4 is 0 Å². The van der Waals surface area contributed by atoms with E-state index in [1.54, 1.807) is 0 Å². The van der Waals surface area contributed by atoms with E-state index >= 15 is 0 Å². The maximum absolute atomic E-state index is 10.1. The molecule has 2 unspecified atom stereocenters. The highest BCUT2D eigenvalue weighted by molar-refractivity contribution is 5.37. The quantitative estimate of drug-likeness (QED) is 0.495. The Labute approximate surface area is 80.0 Å². The van der Waals surface area contributed by atoms with Crippen LogP contribution >= 0.6 is 0 Å². The molecular weight excluding hydrogens is 164 g/mol. The van der Waals surface area contributed by atoms with Crippen molar-refractivity contribution in [2.75, 3.05) is 6.61 Å². The van der Waals surface area contributed by atoms with Gasteiger partial charge in [-0.05, 0) is 38.5 Å². The minimum Gasteiger partial charge on any atom is -0.468 e.